The minimum absolute atomic E-state index is 0.359. The molecular weight excluding hydrogens is 214 g/mol. The number of aromatic nitrogens is 1. The van der Waals surface area contributed by atoms with Gasteiger partial charge in [-0.2, -0.15) is 0 Å². The van der Waals surface area contributed by atoms with Crippen LogP contribution in [0.15, 0.2) is 28.1 Å². The van der Waals surface area contributed by atoms with E-state index in [0.29, 0.717) is 18.9 Å². The summed E-state index contributed by atoms with van der Waals surface area (Å²) in [5, 5.41) is 5.94. The first-order chi connectivity index (χ1) is 7.43. The van der Waals surface area contributed by atoms with E-state index in [-0.39, 0.29) is 6.29 Å². The highest BCUT2D eigenvalue weighted by atomic mass is 32.1. The molecule has 0 amide bonds. The van der Waals surface area contributed by atoms with E-state index in [1.807, 2.05) is 23.6 Å². The van der Waals surface area contributed by atoms with Crippen molar-refractivity contribution in [1.82, 2.24) is 5.16 Å². The highest BCUT2D eigenvalue weighted by Crippen LogP contribution is 2.29. The lowest BCUT2D eigenvalue weighted by Gasteiger charge is -2.01. The lowest BCUT2D eigenvalue weighted by atomic mass is 10.3. The number of thiophene rings is 1. The molecule has 5 heteroatoms. The monoisotopic (exact) mass is 223 g/mol. The molecule has 0 atom stereocenters. The summed E-state index contributed by atoms with van der Waals surface area (Å²) in [5.41, 5.74) is 0.705. The molecule has 1 aliphatic heterocycles. The van der Waals surface area contributed by atoms with E-state index >= 15 is 0 Å². The minimum atomic E-state index is -0.359. The van der Waals surface area contributed by atoms with Crippen LogP contribution in [-0.4, -0.2) is 18.4 Å². The van der Waals surface area contributed by atoms with Gasteiger partial charge in [-0.1, -0.05) is 11.2 Å². The predicted molar refractivity (Wildman–Crippen MR) is 54.5 cm³/mol. The van der Waals surface area contributed by atoms with Gasteiger partial charge in [0.2, 0.25) is 6.29 Å². The molecule has 3 heterocycles. The molecule has 0 aromatic carbocycles. The Balaban J connectivity index is 1.87. The SMILES string of the molecule is c1csc(-c2cc(C3OCCO3)no2)c1. The maximum absolute atomic E-state index is 5.33. The Labute approximate surface area is 90.4 Å². The fourth-order valence-corrected chi connectivity index (χ4v) is 2.14. The molecule has 2 aromatic heterocycles. The van der Waals surface area contributed by atoms with Gasteiger partial charge in [-0.25, -0.2) is 0 Å². The van der Waals surface area contributed by atoms with Gasteiger partial charge in [0.05, 0.1) is 18.1 Å². The van der Waals surface area contributed by atoms with Crippen molar-refractivity contribution in [3.8, 4) is 10.6 Å². The summed E-state index contributed by atoms with van der Waals surface area (Å²) in [7, 11) is 0. The average molecular weight is 223 g/mol. The van der Waals surface area contributed by atoms with Crippen molar-refractivity contribution in [3.05, 3.63) is 29.3 Å². The van der Waals surface area contributed by atoms with Gasteiger partial charge >= 0.3 is 0 Å². The zero-order chi connectivity index (χ0) is 10.1. The topological polar surface area (TPSA) is 44.5 Å². The number of hydrogen-bond donors (Lipinski definition) is 0. The van der Waals surface area contributed by atoms with Crippen LogP contribution in [0.25, 0.3) is 10.6 Å². The first kappa shape index (κ1) is 9.08. The average Bonchev–Trinajstić information content (AvgIpc) is 3.02. The molecule has 0 N–H and O–H groups in total. The van der Waals surface area contributed by atoms with Crippen molar-refractivity contribution >= 4 is 11.3 Å². The second-order valence-corrected chi connectivity index (χ2v) is 4.11. The second kappa shape index (κ2) is 3.77. The van der Waals surface area contributed by atoms with Gasteiger partial charge in [-0.3, -0.25) is 0 Å². The second-order valence-electron chi connectivity index (χ2n) is 3.17. The van der Waals surface area contributed by atoms with Crippen LogP contribution in [0, 0.1) is 0 Å². The van der Waals surface area contributed by atoms with Crippen LogP contribution in [0.3, 0.4) is 0 Å². The summed E-state index contributed by atoms with van der Waals surface area (Å²) < 4.78 is 15.9. The van der Waals surface area contributed by atoms with Gasteiger partial charge in [0.1, 0.15) is 5.69 Å². The Morgan fingerprint density at radius 3 is 2.93 bits per heavy atom. The molecule has 0 bridgehead atoms. The van der Waals surface area contributed by atoms with Gasteiger partial charge in [0, 0.05) is 6.07 Å². The fourth-order valence-electron chi connectivity index (χ4n) is 1.46. The predicted octanol–water partition coefficient (Wildman–Crippen LogP) is 2.45. The van der Waals surface area contributed by atoms with Crippen LogP contribution in [0.2, 0.25) is 0 Å². The smallest absolute Gasteiger partial charge is 0.204 e. The lowest BCUT2D eigenvalue weighted by Crippen LogP contribution is -1.97. The summed E-state index contributed by atoms with van der Waals surface area (Å²) in [5.74, 6) is 0.763. The zero-order valence-electron chi connectivity index (χ0n) is 7.88. The maximum atomic E-state index is 5.33. The summed E-state index contributed by atoms with van der Waals surface area (Å²) in [4.78, 5) is 1.06. The van der Waals surface area contributed by atoms with Crippen molar-refractivity contribution in [2.75, 3.05) is 13.2 Å². The van der Waals surface area contributed by atoms with Crippen LogP contribution < -0.4 is 0 Å². The molecular formula is C10H9NO3S. The highest BCUT2D eigenvalue weighted by Gasteiger charge is 2.22. The van der Waals surface area contributed by atoms with Gasteiger partial charge in [0.15, 0.2) is 5.76 Å². The Morgan fingerprint density at radius 2 is 2.20 bits per heavy atom. The van der Waals surface area contributed by atoms with E-state index < -0.39 is 0 Å². The molecule has 0 aliphatic carbocycles. The number of ether oxygens (including phenoxy) is 2. The van der Waals surface area contributed by atoms with E-state index in [9.17, 15) is 0 Å². The maximum Gasteiger partial charge on any atom is 0.204 e. The first-order valence-corrected chi connectivity index (χ1v) is 5.55. The van der Waals surface area contributed by atoms with Crippen LogP contribution in [0.1, 0.15) is 12.0 Å². The largest absolute Gasteiger partial charge is 0.355 e. The molecule has 0 unspecified atom stereocenters. The van der Waals surface area contributed by atoms with Gasteiger partial charge in [0.25, 0.3) is 0 Å². The van der Waals surface area contributed by atoms with Crippen molar-refractivity contribution in [1.29, 1.82) is 0 Å². The molecule has 78 valence electrons. The van der Waals surface area contributed by atoms with E-state index in [2.05, 4.69) is 5.16 Å². The molecule has 0 radical (unpaired) electrons. The van der Waals surface area contributed by atoms with E-state index in [0.717, 1.165) is 10.6 Å². The molecule has 15 heavy (non-hydrogen) atoms. The molecule has 4 nitrogen and oxygen atoms in total. The quantitative estimate of drug-likeness (QED) is 0.784. The van der Waals surface area contributed by atoms with Crippen molar-refractivity contribution in [2.24, 2.45) is 0 Å². The third kappa shape index (κ3) is 1.69. The third-order valence-electron chi connectivity index (χ3n) is 2.16. The Hall–Kier alpha value is -1.17. The Kier molecular flexibility index (Phi) is 2.28. The standard InChI is InChI=1S/C10H9NO3S/c1-2-9(15-5-1)8-6-7(11-14-8)10-12-3-4-13-10/h1-2,5-6,10H,3-4H2. The van der Waals surface area contributed by atoms with E-state index in [4.69, 9.17) is 14.0 Å². The van der Waals surface area contributed by atoms with Gasteiger partial charge in [-0.05, 0) is 11.4 Å². The summed E-state index contributed by atoms with van der Waals surface area (Å²) in [6.07, 6.45) is -0.359. The van der Waals surface area contributed by atoms with Gasteiger partial charge < -0.3 is 14.0 Å². The van der Waals surface area contributed by atoms with E-state index in [1.165, 1.54) is 0 Å². The van der Waals surface area contributed by atoms with Crippen LogP contribution in [0.5, 0.6) is 0 Å². The van der Waals surface area contributed by atoms with E-state index in [1.54, 1.807) is 11.3 Å². The van der Waals surface area contributed by atoms with Crippen LogP contribution >= 0.6 is 11.3 Å². The summed E-state index contributed by atoms with van der Waals surface area (Å²) in [6.45, 7) is 1.23. The first-order valence-electron chi connectivity index (χ1n) is 4.67. The molecule has 1 saturated heterocycles. The molecule has 1 fully saturated rings. The van der Waals surface area contributed by atoms with Crippen LogP contribution in [0.4, 0.5) is 0 Å². The molecule has 0 spiro atoms. The van der Waals surface area contributed by atoms with Crippen LogP contribution in [-0.2, 0) is 9.47 Å². The normalized spacial score (nSPS) is 17.3. The van der Waals surface area contributed by atoms with Crippen molar-refractivity contribution in [3.63, 3.8) is 0 Å². The van der Waals surface area contributed by atoms with Crippen molar-refractivity contribution < 1.29 is 14.0 Å². The molecule has 0 saturated carbocycles. The highest BCUT2D eigenvalue weighted by molar-refractivity contribution is 7.13. The zero-order valence-corrected chi connectivity index (χ0v) is 8.70. The minimum Gasteiger partial charge on any atom is -0.355 e. The lowest BCUT2D eigenvalue weighted by molar-refractivity contribution is -0.0490. The number of nitrogens with zero attached hydrogens (tertiary/aromatic N) is 1. The molecule has 3 rings (SSSR count). The summed E-state index contributed by atoms with van der Waals surface area (Å²) in [6, 6.07) is 5.83. The third-order valence-corrected chi connectivity index (χ3v) is 3.04. The summed E-state index contributed by atoms with van der Waals surface area (Å²) >= 11 is 1.62. The number of hydrogen-bond acceptors (Lipinski definition) is 5. The van der Waals surface area contributed by atoms with Crippen molar-refractivity contribution in [2.45, 2.75) is 6.29 Å². The molecule has 2 aromatic rings. The Morgan fingerprint density at radius 1 is 1.33 bits per heavy atom. The number of rotatable bonds is 2. The van der Waals surface area contributed by atoms with Gasteiger partial charge in [-0.15, -0.1) is 11.3 Å². The molecule has 1 aliphatic rings. The fraction of sp³-hybridized carbons (Fsp3) is 0.300. The Bertz CT molecular complexity index is 431.